The first-order valence-electron chi connectivity index (χ1n) is 3.80. The van der Waals surface area contributed by atoms with E-state index in [4.69, 9.17) is 5.73 Å². The van der Waals surface area contributed by atoms with Crippen molar-refractivity contribution in [3.8, 4) is 0 Å². The number of nitrogens with zero attached hydrogens (tertiary/aromatic N) is 2. The third-order valence-corrected chi connectivity index (χ3v) is 1.64. The molecule has 0 saturated carbocycles. The normalized spacial score (nSPS) is 13.0. The number of nitrogens with two attached hydrogens (primary N) is 1. The first-order valence-corrected chi connectivity index (χ1v) is 3.80. The lowest BCUT2D eigenvalue weighted by atomic mass is 10.1. The Hall–Kier alpha value is -0.960. The van der Waals surface area contributed by atoms with E-state index in [-0.39, 0.29) is 6.04 Å². The Kier molecular flexibility index (Phi) is 2.54. The molecule has 0 bridgehead atoms. The fourth-order valence-corrected chi connectivity index (χ4v) is 0.816. The topological polar surface area (TPSA) is 51.8 Å². The Morgan fingerprint density at radius 2 is 2.18 bits per heavy atom. The molecular weight excluding hydrogens is 138 g/mol. The highest BCUT2D eigenvalue weighted by Crippen LogP contribution is 2.08. The summed E-state index contributed by atoms with van der Waals surface area (Å²) in [6.07, 6.45) is 0.901. The van der Waals surface area contributed by atoms with Crippen LogP contribution in [0.4, 0.5) is 0 Å². The molecule has 0 aliphatic carbocycles. The van der Waals surface area contributed by atoms with E-state index in [2.05, 4.69) is 10.2 Å². The Balaban J connectivity index is 2.81. The molecule has 0 amide bonds. The van der Waals surface area contributed by atoms with Gasteiger partial charge in [0.25, 0.3) is 0 Å². The van der Waals surface area contributed by atoms with Crippen LogP contribution in [0.3, 0.4) is 0 Å². The molecule has 1 rings (SSSR count). The Labute approximate surface area is 66.6 Å². The van der Waals surface area contributed by atoms with Crippen LogP contribution in [0, 0.1) is 6.92 Å². The van der Waals surface area contributed by atoms with E-state index in [0.29, 0.717) is 0 Å². The smallest absolute Gasteiger partial charge is 0.0798 e. The summed E-state index contributed by atoms with van der Waals surface area (Å²) >= 11 is 0. The standard InChI is InChI=1S/C8H13N3/c1-3-7(9)8-5-4-6(2)10-11-8/h4-5,7H,3,9H2,1-2H3. The summed E-state index contributed by atoms with van der Waals surface area (Å²) in [6, 6.07) is 3.89. The highest BCUT2D eigenvalue weighted by atomic mass is 15.1. The molecule has 0 saturated heterocycles. The lowest BCUT2D eigenvalue weighted by Gasteiger charge is -2.05. The monoisotopic (exact) mass is 151 g/mol. The van der Waals surface area contributed by atoms with Crippen molar-refractivity contribution in [2.45, 2.75) is 26.3 Å². The van der Waals surface area contributed by atoms with Gasteiger partial charge in [-0.25, -0.2) is 0 Å². The van der Waals surface area contributed by atoms with Gasteiger partial charge < -0.3 is 5.73 Å². The van der Waals surface area contributed by atoms with Crippen LogP contribution in [0.15, 0.2) is 12.1 Å². The van der Waals surface area contributed by atoms with Crippen molar-refractivity contribution >= 4 is 0 Å². The van der Waals surface area contributed by atoms with Crippen molar-refractivity contribution in [1.82, 2.24) is 10.2 Å². The van der Waals surface area contributed by atoms with Crippen LogP contribution in [0.1, 0.15) is 30.8 Å². The fraction of sp³-hybridized carbons (Fsp3) is 0.500. The van der Waals surface area contributed by atoms with Crippen LogP contribution >= 0.6 is 0 Å². The second-order valence-corrected chi connectivity index (χ2v) is 2.61. The molecule has 0 fully saturated rings. The average Bonchev–Trinajstić information content (AvgIpc) is 2.05. The van der Waals surface area contributed by atoms with Crippen molar-refractivity contribution in [2.24, 2.45) is 5.73 Å². The summed E-state index contributed by atoms with van der Waals surface area (Å²) in [5, 5.41) is 7.89. The molecule has 1 atom stereocenters. The van der Waals surface area contributed by atoms with E-state index < -0.39 is 0 Å². The van der Waals surface area contributed by atoms with Crippen LogP contribution in [0.5, 0.6) is 0 Å². The van der Waals surface area contributed by atoms with Gasteiger partial charge in [0.2, 0.25) is 0 Å². The summed E-state index contributed by atoms with van der Waals surface area (Å²) in [4.78, 5) is 0. The van der Waals surface area contributed by atoms with E-state index in [1.54, 1.807) is 0 Å². The van der Waals surface area contributed by atoms with Gasteiger partial charge in [-0.05, 0) is 25.5 Å². The molecule has 0 radical (unpaired) electrons. The van der Waals surface area contributed by atoms with Gasteiger partial charge in [-0.2, -0.15) is 10.2 Å². The second kappa shape index (κ2) is 3.44. The minimum absolute atomic E-state index is 0.0306. The van der Waals surface area contributed by atoms with Crippen molar-refractivity contribution in [2.75, 3.05) is 0 Å². The molecule has 3 nitrogen and oxygen atoms in total. The molecule has 11 heavy (non-hydrogen) atoms. The molecule has 0 aromatic carbocycles. The molecule has 1 unspecified atom stereocenters. The number of aromatic nitrogens is 2. The van der Waals surface area contributed by atoms with Crippen molar-refractivity contribution in [3.05, 3.63) is 23.5 Å². The van der Waals surface area contributed by atoms with Crippen molar-refractivity contribution in [3.63, 3.8) is 0 Å². The zero-order chi connectivity index (χ0) is 8.27. The van der Waals surface area contributed by atoms with E-state index >= 15 is 0 Å². The number of hydrogen-bond acceptors (Lipinski definition) is 3. The van der Waals surface area contributed by atoms with E-state index in [0.717, 1.165) is 17.8 Å². The minimum atomic E-state index is 0.0306. The van der Waals surface area contributed by atoms with Gasteiger partial charge in [0.1, 0.15) is 0 Å². The maximum absolute atomic E-state index is 5.74. The highest BCUT2D eigenvalue weighted by Gasteiger charge is 2.03. The molecule has 0 spiro atoms. The summed E-state index contributed by atoms with van der Waals surface area (Å²) in [5.74, 6) is 0. The van der Waals surface area contributed by atoms with Gasteiger partial charge in [0, 0.05) is 6.04 Å². The Morgan fingerprint density at radius 1 is 1.45 bits per heavy atom. The van der Waals surface area contributed by atoms with Gasteiger partial charge in [0.15, 0.2) is 0 Å². The van der Waals surface area contributed by atoms with E-state index in [1.807, 2.05) is 26.0 Å². The summed E-state index contributed by atoms with van der Waals surface area (Å²) in [5.41, 5.74) is 7.54. The zero-order valence-corrected chi connectivity index (χ0v) is 6.91. The second-order valence-electron chi connectivity index (χ2n) is 2.61. The minimum Gasteiger partial charge on any atom is -0.323 e. The van der Waals surface area contributed by atoms with Crippen LogP contribution < -0.4 is 5.73 Å². The van der Waals surface area contributed by atoms with Crippen LogP contribution in [0.25, 0.3) is 0 Å². The predicted molar refractivity (Wildman–Crippen MR) is 44.0 cm³/mol. The zero-order valence-electron chi connectivity index (χ0n) is 6.91. The third kappa shape index (κ3) is 1.98. The summed E-state index contributed by atoms with van der Waals surface area (Å²) in [6.45, 7) is 3.94. The Morgan fingerprint density at radius 3 is 2.64 bits per heavy atom. The quantitative estimate of drug-likeness (QED) is 0.690. The van der Waals surface area contributed by atoms with Crippen LogP contribution in [-0.4, -0.2) is 10.2 Å². The van der Waals surface area contributed by atoms with Gasteiger partial charge in [-0.15, -0.1) is 0 Å². The maximum Gasteiger partial charge on any atom is 0.0798 e. The van der Waals surface area contributed by atoms with Gasteiger partial charge in [-0.3, -0.25) is 0 Å². The molecule has 60 valence electrons. The molecule has 2 N–H and O–H groups in total. The largest absolute Gasteiger partial charge is 0.323 e. The lowest BCUT2D eigenvalue weighted by molar-refractivity contribution is 0.658. The Bertz CT molecular complexity index is 217. The van der Waals surface area contributed by atoms with Gasteiger partial charge in [0.05, 0.1) is 11.4 Å². The summed E-state index contributed by atoms with van der Waals surface area (Å²) in [7, 11) is 0. The van der Waals surface area contributed by atoms with Crippen molar-refractivity contribution < 1.29 is 0 Å². The molecule has 1 aromatic rings. The molecule has 1 aromatic heterocycles. The SMILES string of the molecule is CCC(N)c1ccc(C)nn1. The van der Waals surface area contributed by atoms with E-state index in [9.17, 15) is 0 Å². The first-order chi connectivity index (χ1) is 5.24. The fourth-order valence-electron chi connectivity index (χ4n) is 0.816. The lowest BCUT2D eigenvalue weighted by Crippen LogP contribution is -2.11. The molecular formula is C8H13N3. The van der Waals surface area contributed by atoms with Gasteiger partial charge in [-0.1, -0.05) is 6.92 Å². The van der Waals surface area contributed by atoms with Gasteiger partial charge >= 0.3 is 0 Å². The first kappa shape index (κ1) is 8.14. The number of aryl methyl sites for hydroxylation is 1. The molecule has 1 heterocycles. The predicted octanol–water partition coefficient (Wildman–Crippen LogP) is 1.19. The summed E-state index contributed by atoms with van der Waals surface area (Å²) < 4.78 is 0. The average molecular weight is 151 g/mol. The third-order valence-electron chi connectivity index (χ3n) is 1.64. The molecule has 0 aliphatic rings. The van der Waals surface area contributed by atoms with E-state index in [1.165, 1.54) is 0 Å². The number of hydrogen-bond donors (Lipinski definition) is 1. The maximum atomic E-state index is 5.74. The van der Waals surface area contributed by atoms with Crippen LogP contribution in [-0.2, 0) is 0 Å². The van der Waals surface area contributed by atoms with Crippen molar-refractivity contribution in [1.29, 1.82) is 0 Å². The number of rotatable bonds is 2. The van der Waals surface area contributed by atoms with Crippen LogP contribution in [0.2, 0.25) is 0 Å². The molecule has 3 heteroatoms. The molecule has 0 aliphatic heterocycles. The highest BCUT2D eigenvalue weighted by molar-refractivity contribution is 5.08.